The molecule has 0 amide bonds. The molecule has 0 saturated carbocycles. The van der Waals surface area contributed by atoms with Crippen LogP contribution in [0.5, 0.6) is 0 Å². The summed E-state index contributed by atoms with van der Waals surface area (Å²) in [6, 6.07) is 8.53. The Bertz CT molecular complexity index is 368. The highest BCUT2D eigenvalue weighted by Crippen LogP contribution is 2.12. The van der Waals surface area contributed by atoms with Gasteiger partial charge in [-0.1, -0.05) is 30.3 Å². The molecule has 3 nitrogen and oxygen atoms in total. The highest BCUT2D eigenvalue weighted by atomic mass is 16.2. The van der Waals surface area contributed by atoms with Crippen molar-refractivity contribution in [2.45, 2.75) is 13.3 Å². The number of Topliss-reactive ketones (excluding diaryl/α,β-unsaturated/α-hetero) is 2. The minimum absolute atomic E-state index is 0.0386. The lowest BCUT2D eigenvalue weighted by Gasteiger charge is -2.08. The summed E-state index contributed by atoms with van der Waals surface area (Å²) in [5.74, 6) is -1.38. The number of carbonyl (C=O) groups is 3. The van der Waals surface area contributed by atoms with Gasteiger partial charge >= 0.3 is 0 Å². The van der Waals surface area contributed by atoms with Crippen molar-refractivity contribution in [2.24, 2.45) is 5.92 Å². The summed E-state index contributed by atoms with van der Waals surface area (Å²) >= 11 is 0. The van der Waals surface area contributed by atoms with Crippen molar-refractivity contribution in [2.75, 3.05) is 0 Å². The fourth-order valence-corrected chi connectivity index (χ4v) is 1.36. The number of aldehydes is 1. The number of hydrogen-bond acceptors (Lipinski definition) is 3. The van der Waals surface area contributed by atoms with Crippen LogP contribution in [0, 0.1) is 5.92 Å². The quantitative estimate of drug-likeness (QED) is 0.416. The van der Waals surface area contributed by atoms with Crippen LogP contribution in [0.25, 0.3) is 0 Å². The Balaban J connectivity index is 2.91. The molecule has 1 aromatic rings. The van der Waals surface area contributed by atoms with Gasteiger partial charge in [-0.15, -0.1) is 0 Å². The topological polar surface area (TPSA) is 51.2 Å². The molecule has 0 fully saturated rings. The van der Waals surface area contributed by atoms with E-state index in [-0.39, 0.29) is 18.0 Å². The number of carbonyl (C=O) groups excluding carboxylic acids is 3. The smallest absolute Gasteiger partial charge is 0.173 e. The molecule has 0 aromatic heterocycles. The molecule has 1 aromatic carbocycles. The molecule has 0 aliphatic carbocycles. The van der Waals surface area contributed by atoms with E-state index in [4.69, 9.17) is 0 Å². The van der Waals surface area contributed by atoms with Crippen LogP contribution >= 0.6 is 0 Å². The van der Waals surface area contributed by atoms with E-state index in [9.17, 15) is 14.4 Å². The molecule has 1 atom stereocenters. The Morgan fingerprint density at radius 3 is 2.33 bits per heavy atom. The summed E-state index contributed by atoms with van der Waals surface area (Å²) in [7, 11) is 0. The van der Waals surface area contributed by atoms with Gasteiger partial charge in [0.05, 0.1) is 5.92 Å². The van der Waals surface area contributed by atoms with Crippen LogP contribution < -0.4 is 0 Å². The first kappa shape index (κ1) is 11.3. The number of rotatable bonds is 5. The summed E-state index contributed by atoms with van der Waals surface area (Å²) in [5, 5.41) is 0. The van der Waals surface area contributed by atoms with Crippen molar-refractivity contribution in [3.8, 4) is 0 Å². The van der Waals surface area contributed by atoms with Gasteiger partial charge in [0, 0.05) is 12.0 Å². The maximum atomic E-state index is 11.8. The van der Waals surface area contributed by atoms with Crippen molar-refractivity contribution in [1.29, 1.82) is 0 Å². The second-order valence-electron chi connectivity index (χ2n) is 3.30. The highest BCUT2D eigenvalue weighted by Gasteiger charge is 2.23. The summed E-state index contributed by atoms with van der Waals surface area (Å²) in [4.78, 5) is 33.3. The van der Waals surface area contributed by atoms with Crippen LogP contribution in [-0.2, 0) is 9.59 Å². The van der Waals surface area contributed by atoms with Gasteiger partial charge in [0.1, 0.15) is 12.1 Å². The summed E-state index contributed by atoms with van der Waals surface area (Å²) in [6.45, 7) is 1.33. The van der Waals surface area contributed by atoms with E-state index in [0.29, 0.717) is 11.8 Å². The van der Waals surface area contributed by atoms with Gasteiger partial charge in [-0.05, 0) is 6.92 Å². The molecule has 1 unspecified atom stereocenters. The lowest BCUT2D eigenvalue weighted by Crippen LogP contribution is -2.22. The summed E-state index contributed by atoms with van der Waals surface area (Å²) < 4.78 is 0. The second-order valence-corrected chi connectivity index (χ2v) is 3.30. The summed E-state index contributed by atoms with van der Waals surface area (Å²) in [6.07, 6.45) is 0.565. The van der Waals surface area contributed by atoms with E-state index >= 15 is 0 Å². The third kappa shape index (κ3) is 2.84. The minimum atomic E-state index is -0.829. The monoisotopic (exact) mass is 204 g/mol. The molecule has 0 radical (unpaired) electrons. The molecule has 1 rings (SSSR count). The first-order valence-electron chi connectivity index (χ1n) is 4.70. The van der Waals surface area contributed by atoms with Crippen LogP contribution in [0.1, 0.15) is 23.7 Å². The van der Waals surface area contributed by atoms with Crippen molar-refractivity contribution in [3.05, 3.63) is 35.9 Å². The first-order chi connectivity index (χ1) is 7.16. The van der Waals surface area contributed by atoms with Gasteiger partial charge in [0.15, 0.2) is 5.78 Å². The van der Waals surface area contributed by atoms with Crippen molar-refractivity contribution in [1.82, 2.24) is 0 Å². The second kappa shape index (κ2) is 5.20. The largest absolute Gasteiger partial charge is 0.303 e. The Labute approximate surface area is 88.1 Å². The van der Waals surface area contributed by atoms with E-state index < -0.39 is 5.92 Å². The molecular weight excluding hydrogens is 192 g/mol. The fourth-order valence-electron chi connectivity index (χ4n) is 1.36. The van der Waals surface area contributed by atoms with E-state index in [2.05, 4.69) is 0 Å². The molecule has 0 aliphatic rings. The van der Waals surface area contributed by atoms with E-state index in [1.165, 1.54) is 6.92 Å². The number of benzene rings is 1. The standard InChI is InChI=1S/C12H12O3/c1-9(14)11(7-8-13)12(15)10-5-3-2-4-6-10/h2-6,8,11H,7H2,1H3. The normalized spacial score (nSPS) is 11.8. The third-order valence-corrected chi connectivity index (χ3v) is 2.20. The van der Waals surface area contributed by atoms with Crippen LogP contribution in [0.4, 0.5) is 0 Å². The number of ketones is 2. The Morgan fingerprint density at radius 2 is 1.87 bits per heavy atom. The van der Waals surface area contributed by atoms with E-state index in [1.807, 2.05) is 0 Å². The van der Waals surface area contributed by atoms with Gasteiger partial charge in [-0.3, -0.25) is 9.59 Å². The van der Waals surface area contributed by atoms with Crippen LogP contribution in [-0.4, -0.2) is 17.9 Å². The Hall–Kier alpha value is -1.77. The maximum absolute atomic E-state index is 11.8. The van der Waals surface area contributed by atoms with Crippen LogP contribution in [0.2, 0.25) is 0 Å². The first-order valence-corrected chi connectivity index (χ1v) is 4.70. The average molecular weight is 204 g/mol. The molecule has 0 heterocycles. The minimum Gasteiger partial charge on any atom is -0.303 e. The van der Waals surface area contributed by atoms with Gasteiger partial charge in [0.25, 0.3) is 0 Å². The zero-order valence-corrected chi connectivity index (χ0v) is 8.47. The summed E-state index contributed by atoms with van der Waals surface area (Å²) in [5.41, 5.74) is 0.472. The third-order valence-electron chi connectivity index (χ3n) is 2.20. The predicted molar refractivity (Wildman–Crippen MR) is 55.6 cm³/mol. The van der Waals surface area contributed by atoms with Gasteiger partial charge < -0.3 is 4.79 Å². The van der Waals surface area contributed by atoms with E-state index in [0.717, 1.165) is 0 Å². The number of hydrogen-bond donors (Lipinski definition) is 0. The van der Waals surface area contributed by atoms with Gasteiger partial charge in [-0.25, -0.2) is 0 Å². The van der Waals surface area contributed by atoms with Crippen LogP contribution in [0.3, 0.4) is 0 Å². The molecule has 3 heteroatoms. The zero-order valence-electron chi connectivity index (χ0n) is 8.47. The highest BCUT2D eigenvalue weighted by molar-refractivity contribution is 6.11. The van der Waals surface area contributed by atoms with Crippen LogP contribution in [0.15, 0.2) is 30.3 Å². The Morgan fingerprint density at radius 1 is 1.27 bits per heavy atom. The molecule has 0 bridgehead atoms. The predicted octanol–water partition coefficient (Wildman–Crippen LogP) is 1.66. The van der Waals surface area contributed by atoms with Gasteiger partial charge in [-0.2, -0.15) is 0 Å². The molecule has 0 saturated heterocycles. The van der Waals surface area contributed by atoms with Gasteiger partial charge in [0.2, 0.25) is 0 Å². The fraction of sp³-hybridized carbons (Fsp3) is 0.250. The average Bonchev–Trinajstić information content (AvgIpc) is 2.26. The Kier molecular flexibility index (Phi) is 3.92. The van der Waals surface area contributed by atoms with E-state index in [1.54, 1.807) is 30.3 Å². The lowest BCUT2D eigenvalue weighted by molar-refractivity contribution is -0.121. The van der Waals surface area contributed by atoms with Crippen molar-refractivity contribution in [3.63, 3.8) is 0 Å². The molecule has 0 N–H and O–H groups in total. The lowest BCUT2D eigenvalue weighted by atomic mass is 9.92. The molecular formula is C12H12O3. The van der Waals surface area contributed by atoms with Crippen molar-refractivity contribution < 1.29 is 14.4 Å². The SMILES string of the molecule is CC(=O)C(CC=O)C(=O)c1ccccc1. The van der Waals surface area contributed by atoms with Crippen molar-refractivity contribution >= 4 is 17.9 Å². The molecule has 15 heavy (non-hydrogen) atoms. The molecule has 78 valence electrons. The molecule has 0 spiro atoms. The zero-order chi connectivity index (χ0) is 11.3. The maximum Gasteiger partial charge on any atom is 0.173 e. The molecule has 0 aliphatic heterocycles.